The van der Waals surface area contributed by atoms with Crippen LogP contribution in [0.15, 0.2) is 42.5 Å². The molecule has 5 nitrogen and oxygen atoms in total. The van der Waals surface area contributed by atoms with Gasteiger partial charge in [0.1, 0.15) is 5.75 Å². The van der Waals surface area contributed by atoms with Gasteiger partial charge in [0.05, 0.1) is 24.7 Å². The molecule has 31 heavy (non-hydrogen) atoms. The Morgan fingerprint density at radius 2 is 1.55 bits per heavy atom. The van der Waals surface area contributed by atoms with E-state index < -0.39 is 5.97 Å². The third-order valence-corrected chi connectivity index (χ3v) is 5.22. The molecule has 0 saturated heterocycles. The van der Waals surface area contributed by atoms with Crippen molar-refractivity contribution in [2.45, 2.75) is 64.7 Å². The Morgan fingerprint density at radius 1 is 0.903 bits per heavy atom. The van der Waals surface area contributed by atoms with Gasteiger partial charge in [-0.2, -0.15) is 5.26 Å². The summed E-state index contributed by atoms with van der Waals surface area (Å²) in [5, 5.41) is 18.3. The van der Waals surface area contributed by atoms with Gasteiger partial charge in [-0.1, -0.05) is 64.0 Å². The van der Waals surface area contributed by atoms with Crippen molar-refractivity contribution >= 4 is 11.8 Å². The fourth-order valence-corrected chi connectivity index (χ4v) is 3.46. The third-order valence-electron chi connectivity index (χ3n) is 5.22. The number of rotatable bonds is 14. The maximum Gasteiger partial charge on any atom is 0.335 e. The average Bonchev–Trinajstić information content (AvgIpc) is 2.78. The lowest BCUT2D eigenvalue weighted by Crippen LogP contribution is -2.06. The Morgan fingerprint density at radius 3 is 2.23 bits per heavy atom. The summed E-state index contributed by atoms with van der Waals surface area (Å²) in [5.74, 6) is -0.734. The third kappa shape index (κ3) is 7.90. The number of ketones is 1. The van der Waals surface area contributed by atoms with Crippen LogP contribution in [0.2, 0.25) is 0 Å². The zero-order valence-corrected chi connectivity index (χ0v) is 18.2. The molecule has 0 saturated carbocycles. The van der Waals surface area contributed by atoms with E-state index in [1.165, 1.54) is 50.7 Å². The summed E-state index contributed by atoms with van der Waals surface area (Å²) in [6.07, 6.45) is 9.89. The van der Waals surface area contributed by atoms with Crippen LogP contribution >= 0.6 is 0 Å². The highest BCUT2D eigenvalue weighted by atomic mass is 16.5. The molecule has 0 aliphatic heterocycles. The van der Waals surface area contributed by atoms with Gasteiger partial charge >= 0.3 is 5.97 Å². The molecule has 0 aliphatic carbocycles. The molecule has 0 radical (unpaired) electrons. The number of nitriles is 1. The monoisotopic (exact) mass is 421 g/mol. The van der Waals surface area contributed by atoms with Gasteiger partial charge < -0.3 is 9.84 Å². The lowest BCUT2D eigenvalue weighted by atomic mass is 9.98. The van der Waals surface area contributed by atoms with E-state index in [-0.39, 0.29) is 17.8 Å². The van der Waals surface area contributed by atoms with Gasteiger partial charge in [0, 0.05) is 16.7 Å². The average molecular weight is 422 g/mol. The molecule has 2 aromatic carbocycles. The quantitative estimate of drug-likeness (QED) is 0.290. The summed E-state index contributed by atoms with van der Waals surface area (Å²) in [6.45, 7) is 2.80. The van der Waals surface area contributed by atoms with Crippen LogP contribution in [-0.2, 0) is 6.42 Å². The van der Waals surface area contributed by atoms with Gasteiger partial charge in [-0.05, 0) is 36.8 Å². The number of hydrogen-bond donors (Lipinski definition) is 1. The van der Waals surface area contributed by atoms with Crippen LogP contribution in [0.1, 0.15) is 90.1 Å². The minimum atomic E-state index is -1.08. The van der Waals surface area contributed by atoms with Crippen molar-refractivity contribution in [3.63, 3.8) is 0 Å². The second kappa shape index (κ2) is 13.2. The predicted molar refractivity (Wildman–Crippen MR) is 121 cm³/mol. The number of carboxylic acids is 1. The number of ether oxygens (including phenoxy) is 1. The summed E-state index contributed by atoms with van der Waals surface area (Å²) < 4.78 is 5.89. The van der Waals surface area contributed by atoms with Crippen molar-refractivity contribution < 1.29 is 19.4 Å². The first-order chi connectivity index (χ1) is 15.1. The van der Waals surface area contributed by atoms with Crippen LogP contribution in [0.4, 0.5) is 0 Å². The highest BCUT2D eigenvalue weighted by Crippen LogP contribution is 2.23. The number of carbonyl (C=O) groups excluding carboxylic acids is 1. The van der Waals surface area contributed by atoms with Crippen LogP contribution in [-0.4, -0.2) is 23.5 Å². The summed E-state index contributed by atoms with van der Waals surface area (Å²) in [5.41, 5.74) is 1.44. The molecule has 0 fully saturated rings. The molecular weight excluding hydrogens is 390 g/mol. The fourth-order valence-electron chi connectivity index (χ4n) is 3.46. The Balaban J connectivity index is 1.95. The molecule has 164 valence electrons. The van der Waals surface area contributed by atoms with Crippen molar-refractivity contribution in [1.82, 2.24) is 0 Å². The molecule has 0 heterocycles. The zero-order chi connectivity index (χ0) is 22.5. The van der Waals surface area contributed by atoms with Crippen molar-refractivity contribution in [3.05, 3.63) is 64.7 Å². The van der Waals surface area contributed by atoms with Crippen molar-refractivity contribution in [1.29, 1.82) is 5.26 Å². The Hall–Kier alpha value is -3.13. The highest BCUT2D eigenvalue weighted by molar-refractivity contribution is 6.10. The topological polar surface area (TPSA) is 87.4 Å². The van der Waals surface area contributed by atoms with Crippen LogP contribution in [0.3, 0.4) is 0 Å². The zero-order valence-electron chi connectivity index (χ0n) is 18.2. The summed E-state index contributed by atoms with van der Waals surface area (Å²) in [6, 6.07) is 13.1. The number of carboxylic acid groups (broad SMARTS) is 1. The predicted octanol–water partition coefficient (Wildman–Crippen LogP) is 6.20. The Bertz CT molecular complexity index is 914. The number of unbranched alkanes of at least 4 members (excludes halogenated alkanes) is 7. The van der Waals surface area contributed by atoms with E-state index in [4.69, 9.17) is 15.1 Å². The Labute approximate surface area is 184 Å². The maximum absolute atomic E-state index is 12.8. The maximum atomic E-state index is 12.8. The van der Waals surface area contributed by atoms with Gasteiger partial charge in [-0.25, -0.2) is 4.79 Å². The van der Waals surface area contributed by atoms with E-state index >= 15 is 0 Å². The first-order valence-electron chi connectivity index (χ1n) is 11.1. The largest absolute Gasteiger partial charge is 0.493 e. The fraction of sp³-hybridized carbons (Fsp3) is 0.423. The lowest BCUT2D eigenvalue weighted by Gasteiger charge is -2.12. The minimum Gasteiger partial charge on any atom is -0.493 e. The number of carbonyl (C=O) groups is 2. The lowest BCUT2D eigenvalue weighted by molar-refractivity contribution is 0.0697. The van der Waals surface area contributed by atoms with E-state index in [1.54, 1.807) is 30.3 Å². The standard InChI is InChI=1S/C26H31NO4/c1-2-3-4-5-6-7-8-9-17-31-24-14-13-22(18-20(24)15-16-27)25(28)21-11-10-12-23(19-21)26(29)30/h10-14,18-19H,2-9,15,17H2,1H3,(H,29,30). The SMILES string of the molecule is CCCCCCCCCCOc1ccc(C(=O)c2cccc(C(=O)O)c2)cc1CC#N. The van der Waals surface area contributed by atoms with Crippen LogP contribution in [0.5, 0.6) is 5.75 Å². The van der Waals surface area contributed by atoms with Gasteiger partial charge in [-0.15, -0.1) is 0 Å². The first kappa shape index (κ1) is 24.1. The Kier molecular flexibility index (Phi) is 10.3. The molecule has 0 spiro atoms. The van der Waals surface area contributed by atoms with Crippen LogP contribution in [0.25, 0.3) is 0 Å². The van der Waals surface area contributed by atoms with Crippen LogP contribution in [0, 0.1) is 11.3 Å². The summed E-state index contributed by atoms with van der Waals surface area (Å²) in [7, 11) is 0. The smallest absolute Gasteiger partial charge is 0.335 e. The molecule has 5 heteroatoms. The molecule has 0 amide bonds. The summed E-state index contributed by atoms with van der Waals surface area (Å²) >= 11 is 0. The molecule has 0 aliphatic rings. The molecular formula is C26H31NO4. The second-order valence-electron chi connectivity index (χ2n) is 7.70. The van der Waals surface area contributed by atoms with Gasteiger partial charge in [-0.3, -0.25) is 4.79 Å². The number of benzene rings is 2. The molecule has 2 rings (SSSR count). The van der Waals surface area contributed by atoms with Crippen molar-refractivity contribution in [2.75, 3.05) is 6.61 Å². The van der Waals surface area contributed by atoms with Gasteiger partial charge in [0.15, 0.2) is 5.78 Å². The minimum absolute atomic E-state index is 0.0633. The molecule has 1 N–H and O–H groups in total. The van der Waals surface area contributed by atoms with Gasteiger partial charge in [0.25, 0.3) is 0 Å². The molecule has 0 bridgehead atoms. The molecule has 2 aromatic rings. The van der Waals surface area contributed by atoms with E-state index in [0.717, 1.165) is 12.8 Å². The molecule has 0 unspecified atom stereocenters. The number of aromatic carboxylic acids is 1. The van der Waals surface area contributed by atoms with E-state index in [2.05, 4.69) is 13.0 Å². The highest BCUT2D eigenvalue weighted by Gasteiger charge is 2.14. The second-order valence-corrected chi connectivity index (χ2v) is 7.70. The molecule has 0 aromatic heterocycles. The van der Waals surface area contributed by atoms with E-state index in [1.807, 2.05) is 0 Å². The van der Waals surface area contributed by atoms with Crippen molar-refractivity contribution in [3.8, 4) is 11.8 Å². The number of hydrogen-bond acceptors (Lipinski definition) is 4. The summed E-state index contributed by atoms with van der Waals surface area (Å²) in [4.78, 5) is 24.0. The van der Waals surface area contributed by atoms with E-state index in [9.17, 15) is 9.59 Å². The van der Waals surface area contributed by atoms with E-state index in [0.29, 0.717) is 29.0 Å². The van der Waals surface area contributed by atoms with Crippen molar-refractivity contribution in [2.24, 2.45) is 0 Å². The molecule has 0 atom stereocenters. The van der Waals surface area contributed by atoms with Crippen LogP contribution < -0.4 is 4.74 Å². The number of nitrogens with zero attached hydrogens (tertiary/aromatic N) is 1. The first-order valence-corrected chi connectivity index (χ1v) is 11.1. The normalized spacial score (nSPS) is 10.5. The van der Waals surface area contributed by atoms with Gasteiger partial charge in [0.2, 0.25) is 0 Å².